The van der Waals surface area contributed by atoms with E-state index < -0.39 is 0 Å². The van der Waals surface area contributed by atoms with E-state index in [-0.39, 0.29) is 0 Å². The fraction of sp³-hybridized carbons (Fsp3) is 0.250. The molecule has 1 unspecified atom stereocenters. The van der Waals surface area contributed by atoms with Crippen molar-refractivity contribution < 1.29 is 0 Å². The van der Waals surface area contributed by atoms with E-state index >= 15 is 0 Å². The van der Waals surface area contributed by atoms with Crippen LogP contribution in [0.15, 0.2) is 35.2 Å². The van der Waals surface area contributed by atoms with Gasteiger partial charge in [0.05, 0.1) is 11.2 Å². The summed E-state index contributed by atoms with van der Waals surface area (Å²) in [5, 5.41) is 3.81. The number of benzene rings is 1. The van der Waals surface area contributed by atoms with Crippen LogP contribution in [0.1, 0.15) is 17.2 Å². The van der Waals surface area contributed by atoms with Gasteiger partial charge in [0.15, 0.2) is 0 Å². The lowest BCUT2D eigenvalue weighted by Crippen LogP contribution is -2.04. The van der Waals surface area contributed by atoms with Crippen molar-refractivity contribution in [3.05, 3.63) is 51.4 Å². The Labute approximate surface area is 113 Å². The standard InChI is InChI=1S/C12H11BrClNS/c13-6-10(5-12-7-16-8-15-12)9-2-1-3-11(14)4-9/h1-4,7-8,10H,5-6H2. The molecular formula is C12H11BrClNS. The summed E-state index contributed by atoms with van der Waals surface area (Å²) in [5.74, 6) is 0.431. The summed E-state index contributed by atoms with van der Waals surface area (Å²) in [6.07, 6.45) is 0.953. The zero-order chi connectivity index (χ0) is 11.4. The Morgan fingerprint density at radius 1 is 1.44 bits per heavy atom. The molecule has 2 rings (SSSR count). The maximum Gasteiger partial charge on any atom is 0.0794 e. The zero-order valence-corrected chi connectivity index (χ0v) is 11.7. The predicted molar refractivity (Wildman–Crippen MR) is 73.8 cm³/mol. The van der Waals surface area contributed by atoms with Crippen LogP contribution in [0.4, 0.5) is 0 Å². The summed E-state index contributed by atoms with van der Waals surface area (Å²) in [7, 11) is 0. The normalized spacial score (nSPS) is 12.6. The van der Waals surface area contributed by atoms with E-state index in [0.29, 0.717) is 5.92 Å². The van der Waals surface area contributed by atoms with Gasteiger partial charge in [-0.1, -0.05) is 39.7 Å². The third kappa shape index (κ3) is 3.06. The molecule has 0 spiro atoms. The van der Waals surface area contributed by atoms with Crippen molar-refractivity contribution in [3.8, 4) is 0 Å². The second kappa shape index (κ2) is 5.80. The molecule has 0 bridgehead atoms. The summed E-state index contributed by atoms with van der Waals surface area (Å²) >= 11 is 11.2. The van der Waals surface area contributed by atoms with Crippen molar-refractivity contribution in [2.45, 2.75) is 12.3 Å². The minimum atomic E-state index is 0.431. The summed E-state index contributed by atoms with van der Waals surface area (Å²) in [6.45, 7) is 0. The van der Waals surface area contributed by atoms with Gasteiger partial charge >= 0.3 is 0 Å². The van der Waals surface area contributed by atoms with Crippen LogP contribution in [-0.2, 0) is 6.42 Å². The van der Waals surface area contributed by atoms with Gasteiger partial charge in [0.25, 0.3) is 0 Å². The van der Waals surface area contributed by atoms with Gasteiger partial charge in [-0.3, -0.25) is 0 Å². The molecule has 1 aromatic heterocycles. The number of rotatable bonds is 4. The number of halogens is 2. The molecule has 0 radical (unpaired) electrons. The van der Waals surface area contributed by atoms with Crippen LogP contribution >= 0.6 is 38.9 Å². The van der Waals surface area contributed by atoms with Crippen LogP contribution in [0.3, 0.4) is 0 Å². The number of alkyl halides is 1. The van der Waals surface area contributed by atoms with Crippen LogP contribution in [0.2, 0.25) is 5.02 Å². The van der Waals surface area contributed by atoms with Gasteiger partial charge in [0.1, 0.15) is 0 Å². The largest absolute Gasteiger partial charge is 0.250 e. The highest BCUT2D eigenvalue weighted by Crippen LogP contribution is 2.25. The van der Waals surface area contributed by atoms with Gasteiger partial charge < -0.3 is 0 Å². The first-order valence-electron chi connectivity index (χ1n) is 4.98. The number of nitrogens with zero attached hydrogens (tertiary/aromatic N) is 1. The molecule has 84 valence electrons. The molecule has 0 N–H and O–H groups in total. The Bertz CT molecular complexity index is 444. The molecule has 0 fully saturated rings. The van der Waals surface area contributed by atoms with E-state index in [4.69, 9.17) is 11.6 Å². The Morgan fingerprint density at radius 2 is 2.31 bits per heavy atom. The molecule has 2 aromatic rings. The highest BCUT2D eigenvalue weighted by Gasteiger charge is 2.12. The first-order valence-corrected chi connectivity index (χ1v) is 7.42. The van der Waals surface area contributed by atoms with Gasteiger partial charge in [-0.25, -0.2) is 4.98 Å². The summed E-state index contributed by atoms with van der Waals surface area (Å²) in [6, 6.07) is 8.04. The maximum absolute atomic E-state index is 6.00. The molecule has 0 amide bonds. The Morgan fingerprint density at radius 3 is 2.94 bits per heavy atom. The first-order chi connectivity index (χ1) is 7.79. The SMILES string of the molecule is Clc1cccc(C(CBr)Cc2cscn2)c1. The molecule has 0 aliphatic carbocycles. The fourth-order valence-electron chi connectivity index (χ4n) is 1.61. The second-order valence-corrected chi connectivity index (χ2v) is 5.39. The first kappa shape index (κ1) is 12.1. The lowest BCUT2D eigenvalue weighted by molar-refractivity contribution is 0.760. The summed E-state index contributed by atoms with van der Waals surface area (Å²) in [5.41, 5.74) is 4.28. The molecule has 1 nitrogen and oxygen atoms in total. The van der Waals surface area contributed by atoms with Crippen LogP contribution in [0, 0.1) is 0 Å². The third-order valence-corrected chi connectivity index (χ3v) is 4.10. The van der Waals surface area contributed by atoms with E-state index in [0.717, 1.165) is 22.5 Å². The average Bonchev–Trinajstić information content (AvgIpc) is 2.78. The second-order valence-electron chi connectivity index (χ2n) is 3.59. The Hall–Kier alpha value is -0.380. The van der Waals surface area contributed by atoms with Crippen molar-refractivity contribution in [2.75, 3.05) is 5.33 Å². The predicted octanol–water partition coefficient (Wildman–Crippen LogP) is 4.52. The van der Waals surface area contributed by atoms with E-state index in [1.807, 2.05) is 23.7 Å². The maximum atomic E-state index is 6.00. The minimum Gasteiger partial charge on any atom is -0.250 e. The monoisotopic (exact) mass is 315 g/mol. The van der Waals surface area contributed by atoms with Crippen molar-refractivity contribution >= 4 is 38.9 Å². The van der Waals surface area contributed by atoms with Gasteiger partial charge in [0.2, 0.25) is 0 Å². The van der Waals surface area contributed by atoms with Crippen molar-refractivity contribution in [1.29, 1.82) is 0 Å². The highest BCUT2D eigenvalue weighted by molar-refractivity contribution is 9.09. The number of hydrogen-bond donors (Lipinski definition) is 0. The summed E-state index contributed by atoms with van der Waals surface area (Å²) < 4.78 is 0. The van der Waals surface area contributed by atoms with E-state index in [1.54, 1.807) is 11.3 Å². The van der Waals surface area contributed by atoms with Crippen molar-refractivity contribution in [1.82, 2.24) is 4.98 Å². The molecule has 4 heteroatoms. The molecule has 0 aliphatic rings. The number of aromatic nitrogens is 1. The van der Waals surface area contributed by atoms with Gasteiger partial charge in [-0.2, -0.15) is 0 Å². The zero-order valence-electron chi connectivity index (χ0n) is 8.57. The van der Waals surface area contributed by atoms with Crippen molar-refractivity contribution in [3.63, 3.8) is 0 Å². The average molecular weight is 317 g/mol. The van der Waals surface area contributed by atoms with Gasteiger partial charge in [0, 0.05) is 15.7 Å². The smallest absolute Gasteiger partial charge is 0.0794 e. The van der Waals surface area contributed by atoms with Gasteiger partial charge in [-0.15, -0.1) is 11.3 Å². The van der Waals surface area contributed by atoms with E-state index in [9.17, 15) is 0 Å². The lowest BCUT2D eigenvalue weighted by Gasteiger charge is -2.13. The molecule has 1 aromatic carbocycles. The number of thiazole rings is 1. The lowest BCUT2D eigenvalue weighted by atomic mass is 9.97. The van der Waals surface area contributed by atoms with Crippen molar-refractivity contribution in [2.24, 2.45) is 0 Å². The molecule has 16 heavy (non-hydrogen) atoms. The van der Waals surface area contributed by atoms with Crippen LogP contribution < -0.4 is 0 Å². The topological polar surface area (TPSA) is 12.9 Å². The highest BCUT2D eigenvalue weighted by atomic mass is 79.9. The third-order valence-electron chi connectivity index (χ3n) is 2.45. The molecule has 1 heterocycles. The molecule has 1 atom stereocenters. The Balaban J connectivity index is 2.16. The van der Waals surface area contributed by atoms with Crippen LogP contribution in [0.5, 0.6) is 0 Å². The van der Waals surface area contributed by atoms with E-state index in [1.165, 1.54) is 5.56 Å². The fourth-order valence-corrected chi connectivity index (χ4v) is 2.99. The van der Waals surface area contributed by atoms with Crippen LogP contribution in [-0.4, -0.2) is 10.3 Å². The molecular weight excluding hydrogens is 306 g/mol. The molecule has 0 saturated carbocycles. The molecule has 0 saturated heterocycles. The summed E-state index contributed by atoms with van der Waals surface area (Å²) in [4.78, 5) is 4.32. The quantitative estimate of drug-likeness (QED) is 0.756. The van der Waals surface area contributed by atoms with Gasteiger partial charge in [-0.05, 0) is 30.0 Å². The van der Waals surface area contributed by atoms with E-state index in [2.05, 4.69) is 32.4 Å². The Kier molecular flexibility index (Phi) is 4.38. The minimum absolute atomic E-state index is 0.431. The molecule has 0 aliphatic heterocycles. The van der Waals surface area contributed by atoms with Crippen LogP contribution in [0.25, 0.3) is 0 Å². The number of hydrogen-bond acceptors (Lipinski definition) is 2.